The van der Waals surface area contributed by atoms with Crippen LogP contribution in [0.5, 0.6) is 0 Å². The van der Waals surface area contributed by atoms with E-state index < -0.39 is 0 Å². The highest BCUT2D eigenvalue weighted by molar-refractivity contribution is 4.90. The fraction of sp³-hybridized carbons (Fsp3) is 1.00. The average Bonchev–Trinajstić information content (AvgIpc) is 2.37. The normalized spacial score (nSPS) is 27.8. The van der Waals surface area contributed by atoms with E-state index >= 15 is 0 Å². The first-order chi connectivity index (χ1) is 9.39. The molecule has 1 aliphatic rings. The van der Waals surface area contributed by atoms with Gasteiger partial charge < -0.3 is 15.0 Å². The Morgan fingerprint density at radius 3 is 2.70 bits per heavy atom. The number of likely N-dealkylation sites (N-methyl/N-ethyl adjacent to an activating group) is 1. The van der Waals surface area contributed by atoms with Gasteiger partial charge in [0, 0.05) is 25.7 Å². The van der Waals surface area contributed by atoms with Crippen LogP contribution in [0.15, 0.2) is 0 Å². The molecule has 0 aromatic rings. The summed E-state index contributed by atoms with van der Waals surface area (Å²) < 4.78 is 5.29. The summed E-state index contributed by atoms with van der Waals surface area (Å²) in [7, 11) is 4.03. The van der Waals surface area contributed by atoms with E-state index in [1.54, 1.807) is 7.11 Å². The molecule has 3 nitrogen and oxygen atoms in total. The van der Waals surface area contributed by atoms with E-state index in [4.69, 9.17) is 4.74 Å². The summed E-state index contributed by atoms with van der Waals surface area (Å²) in [5.41, 5.74) is 0.500. The SMILES string of the molecule is CCCNC1CCC(C)(C)CC1CN(C)C(C)COC. The van der Waals surface area contributed by atoms with Crippen molar-refractivity contribution in [3.05, 3.63) is 0 Å². The highest BCUT2D eigenvalue weighted by Crippen LogP contribution is 2.39. The minimum atomic E-state index is 0.497. The van der Waals surface area contributed by atoms with E-state index in [0.717, 1.165) is 19.1 Å². The molecule has 0 aromatic carbocycles. The Labute approximate surface area is 126 Å². The van der Waals surface area contributed by atoms with Crippen molar-refractivity contribution in [1.82, 2.24) is 10.2 Å². The van der Waals surface area contributed by atoms with Crippen molar-refractivity contribution in [3.8, 4) is 0 Å². The van der Waals surface area contributed by atoms with E-state index in [-0.39, 0.29) is 0 Å². The first-order valence-electron chi connectivity index (χ1n) is 8.32. The largest absolute Gasteiger partial charge is 0.383 e. The molecule has 20 heavy (non-hydrogen) atoms. The van der Waals surface area contributed by atoms with E-state index in [2.05, 4.69) is 45.0 Å². The third-order valence-corrected chi connectivity index (χ3v) is 4.86. The van der Waals surface area contributed by atoms with Crippen molar-refractivity contribution in [2.75, 3.05) is 33.9 Å². The zero-order valence-corrected chi connectivity index (χ0v) is 14.5. The van der Waals surface area contributed by atoms with Crippen molar-refractivity contribution in [2.45, 2.75) is 65.5 Å². The Bertz CT molecular complexity index is 268. The van der Waals surface area contributed by atoms with Gasteiger partial charge in [-0.1, -0.05) is 20.8 Å². The van der Waals surface area contributed by atoms with E-state index in [9.17, 15) is 0 Å². The molecule has 0 heterocycles. The lowest BCUT2D eigenvalue weighted by molar-refractivity contribution is 0.0689. The maximum absolute atomic E-state index is 5.29. The Balaban J connectivity index is 2.58. The van der Waals surface area contributed by atoms with E-state index in [1.165, 1.54) is 32.2 Å². The molecule has 120 valence electrons. The van der Waals surface area contributed by atoms with Gasteiger partial charge in [-0.05, 0) is 57.5 Å². The number of nitrogens with one attached hydrogen (secondary N) is 1. The molecule has 1 N–H and O–H groups in total. The molecule has 3 unspecified atom stereocenters. The van der Waals surface area contributed by atoms with Gasteiger partial charge in [0.05, 0.1) is 6.61 Å². The number of ether oxygens (including phenoxy) is 1. The summed E-state index contributed by atoms with van der Waals surface area (Å²) in [6.45, 7) is 12.5. The molecule has 1 rings (SSSR count). The van der Waals surface area contributed by atoms with Gasteiger partial charge in [0.1, 0.15) is 0 Å². The molecule has 0 aliphatic heterocycles. The topological polar surface area (TPSA) is 24.5 Å². The summed E-state index contributed by atoms with van der Waals surface area (Å²) in [5.74, 6) is 0.759. The van der Waals surface area contributed by atoms with Gasteiger partial charge in [0.15, 0.2) is 0 Å². The van der Waals surface area contributed by atoms with Crippen molar-refractivity contribution in [3.63, 3.8) is 0 Å². The van der Waals surface area contributed by atoms with Gasteiger partial charge >= 0.3 is 0 Å². The van der Waals surface area contributed by atoms with Crippen LogP contribution >= 0.6 is 0 Å². The fourth-order valence-electron chi connectivity index (χ4n) is 3.44. The standard InChI is InChI=1S/C17H36N2O/c1-7-10-18-16-8-9-17(3,4)11-15(16)12-19(5)14(2)13-20-6/h14-16,18H,7-13H2,1-6H3. The van der Waals surface area contributed by atoms with Crippen LogP contribution in [0, 0.1) is 11.3 Å². The first kappa shape index (κ1) is 17.9. The summed E-state index contributed by atoms with van der Waals surface area (Å²) in [6, 6.07) is 1.19. The molecule has 0 spiro atoms. The Morgan fingerprint density at radius 2 is 2.10 bits per heavy atom. The maximum Gasteiger partial charge on any atom is 0.0615 e. The summed E-state index contributed by atoms with van der Waals surface area (Å²) in [6.07, 6.45) is 5.23. The molecule has 0 aromatic heterocycles. The Hall–Kier alpha value is -0.120. The fourth-order valence-corrected chi connectivity index (χ4v) is 3.44. The highest BCUT2D eigenvalue weighted by Gasteiger charge is 2.35. The van der Waals surface area contributed by atoms with Crippen molar-refractivity contribution in [2.24, 2.45) is 11.3 Å². The van der Waals surface area contributed by atoms with Crippen LogP contribution in [-0.2, 0) is 4.74 Å². The van der Waals surface area contributed by atoms with Crippen LogP contribution in [0.25, 0.3) is 0 Å². The molecular weight excluding hydrogens is 248 g/mol. The lowest BCUT2D eigenvalue weighted by atomic mass is 9.69. The maximum atomic E-state index is 5.29. The number of rotatable bonds is 8. The summed E-state index contributed by atoms with van der Waals surface area (Å²) >= 11 is 0. The van der Waals surface area contributed by atoms with Crippen molar-refractivity contribution < 1.29 is 4.74 Å². The molecule has 0 radical (unpaired) electrons. The van der Waals surface area contributed by atoms with Crippen LogP contribution in [0.2, 0.25) is 0 Å². The van der Waals surface area contributed by atoms with Crippen LogP contribution < -0.4 is 5.32 Å². The predicted molar refractivity (Wildman–Crippen MR) is 87.2 cm³/mol. The average molecular weight is 284 g/mol. The van der Waals surface area contributed by atoms with Crippen LogP contribution in [-0.4, -0.2) is 50.8 Å². The van der Waals surface area contributed by atoms with Gasteiger partial charge in [-0.25, -0.2) is 0 Å². The van der Waals surface area contributed by atoms with Gasteiger partial charge in [0.25, 0.3) is 0 Å². The molecular formula is C17H36N2O. The van der Waals surface area contributed by atoms with Crippen LogP contribution in [0.3, 0.4) is 0 Å². The Morgan fingerprint density at radius 1 is 1.40 bits per heavy atom. The highest BCUT2D eigenvalue weighted by atomic mass is 16.5. The number of hydrogen-bond acceptors (Lipinski definition) is 3. The number of nitrogens with zero attached hydrogens (tertiary/aromatic N) is 1. The molecule has 0 amide bonds. The lowest BCUT2D eigenvalue weighted by Gasteiger charge is -2.43. The lowest BCUT2D eigenvalue weighted by Crippen LogP contribution is -2.48. The van der Waals surface area contributed by atoms with E-state index in [0.29, 0.717) is 17.5 Å². The van der Waals surface area contributed by atoms with Crippen molar-refractivity contribution in [1.29, 1.82) is 0 Å². The zero-order chi connectivity index (χ0) is 15.2. The van der Waals surface area contributed by atoms with Crippen LogP contribution in [0.1, 0.15) is 53.4 Å². The van der Waals surface area contributed by atoms with Gasteiger partial charge in [-0.15, -0.1) is 0 Å². The second-order valence-corrected chi connectivity index (χ2v) is 7.47. The van der Waals surface area contributed by atoms with E-state index in [1.807, 2.05) is 0 Å². The second kappa shape index (κ2) is 8.35. The van der Waals surface area contributed by atoms with Gasteiger partial charge in [0.2, 0.25) is 0 Å². The second-order valence-electron chi connectivity index (χ2n) is 7.47. The summed E-state index contributed by atoms with van der Waals surface area (Å²) in [4.78, 5) is 2.47. The smallest absolute Gasteiger partial charge is 0.0615 e. The predicted octanol–water partition coefficient (Wildman–Crippen LogP) is 3.15. The van der Waals surface area contributed by atoms with Gasteiger partial charge in [-0.2, -0.15) is 0 Å². The molecule has 0 bridgehead atoms. The minimum absolute atomic E-state index is 0.497. The quantitative estimate of drug-likeness (QED) is 0.741. The van der Waals surface area contributed by atoms with Crippen molar-refractivity contribution >= 4 is 0 Å². The molecule has 3 heteroatoms. The molecule has 0 saturated heterocycles. The monoisotopic (exact) mass is 284 g/mol. The Kier molecular flexibility index (Phi) is 7.49. The molecule has 1 aliphatic carbocycles. The van der Waals surface area contributed by atoms with Crippen LogP contribution in [0.4, 0.5) is 0 Å². The summed E-state index contributed by atoms with van der Waals surface area (Å²) in [5, 5.41) is 3.78. The third-order valence-electron chi connectivity index (χ3n) is 4.86. The third kappa shape index (κ3) is 5.71. The number of methoxy groups -OCH3 is 1. The number of hydrogen-bond donors (Lipinski definition) is 1. The first-order valence-corrected chi connectivity index (χ1v) is 8.32. The molecule has 1 saturated carbocycles. The molecule has 1 fully saturated rings. The molecule has 3 atom stereocenters. The minimum Gasteiger partial charge on any atom is -0.383 e. The zero-order valence-electron chi connectivity index (χ0n) is 14.5. The van der Waals surface area contributed by atoms with Gasteiger partial charge in [-0.3, -0.25) is 0 Å².